The molecule has 29 heavy (non-hydrogen) atoms. The van der Waals surface area contributed by atoms with Crippen molar-refractivity contribution in [1.82, 2.24) is 15.3 Å². The number of fused-ring (bicyclic) bond motifs is 1. The van der Waals surface area contributed by atoms with E-state index in [2.05, 4.69) is 15.3 Å². The van der Waals surface area contributed by atoms with Crippen LogP contribution in [0.15, 0.2) is 18.3 Å². The lowest BCUT2D eigenvalue weighted by molar-refractivity contribution is -0.121. The van der Waals surface area contributed by atoms with Gasteiger partial charge in [-0.15, -0.1) is 0 Å². The zero-order chi connectivity index (χ0) is 20.4. The standard InChI is InChI=1S/C23H28FN3O2/c1-14-12-25-15(2)22(27-14)18-8-9-20(24)19-11-17(29-23(18)19)13-26-21(28)10-7-16-5-3-4-6-16/h8-9,12,16-17H,3-7,10-11,13H2,1-2H3,(H,26,28)/t17-/m1/s1. The predicted octanol–water partition coefficient (Wildman–Crippen LogP) is 4.29. The summed E-state index contributed by atoms with van der Waals surface area (Å²) in [5, 5.41) is 2.97. The number of ether oxygens (including phenoxy) is 1. The van der Waals surface area contributed by atoms with Gasteiger partial charge >= 0.3 is 0 Å². The molecule has 1 aliphatic carbocycles. The van der Waals surface area contributed by atoms with E-state index in [-0.39, 0.29) is 17.8 Å². The maximum atomic E-state index is 14.4. The minimum absolute atomic E-state index is 0.0533. The largest absolute Gasteiger partial charge is 0.487 e. The van der Waals surface area contributed by atoms with Crippen molar-refractivity contribution in [3.63, 3.8) is 0 Å². The first-order valence-electron chi connectivity index (χ1n) is 10.6. The molecule has 1 saturated carbocycles. The van der Waals surface area contributed by atoms with Crippen molar-refractivity contribution < 1.29 is 13.9 Å². The van der Waals surface area contributed by atoms with E-state index < -0.39 is 0 Å². The summed E-state index contributed by atoms with van der Waals surface area (Å²) in [4.78, 5) is 21.2. The Morgan fingerprint density at radius 1 is 1.28 bits per heavy atom. The molecule has 1 aliphatic heterocycles. The maximum absolute atomic E-state index is 14.4. The Hall–Kier alpha value is -2.50. The van der Waals surface area contributed by atoms with Gasteiger partial charge in [0, 0.05) is 30.2 Å². The van der Waals surface area contributed by atoms with E-state index in [1.54, 1.807) is 12.3 Å². The molecule has 1 amide bonds. The number of benzene rings is 1. The van der Waals surface area contributed by atoms with Gasteiger partial charge in [-0.05, 0) is 38.3 Å². The SMILES string of the molecule is Cc1cnc(C)c(-c2ccc(F)c3c2O[C@@H](CNC(=O)CCC2CCCC2)C3)n1. The van der Waals surface area contributed by atoms with Gasteiger partial charge in [0.2, 0.25) is 5.91 Å². The van der Waals surface area contributed by atoms with E-state index in [0.717, 1.165) is 23.4 Å². The molecule has 154 valence electrons. The lowest BCUT2D eigenvalue weighted by Crippen LogP contribution is -2.34. The van der Waals surface area contributed by atoms with E-state index >= 15 is 0 Å². The van der Waals surface area contributed by atoms with Crippen molar-refractivity contribution in [1.29, 1.82) is 0 Å². The monoisotopic (exact) mass is 397 g/mol. The first kappa shape index (κ1) is 19.8. The Kier molecular flexibility index (Phi) is 5.79. The highest BCUT2D eigenvalue weighted by atomic mass is 19.1. The predicted molar refractivity (Wildman–Crippen MR) is 109 cm³/mol. The highest BCUT2D eigenvalue weighted by Crippen LogP contribution is 2.40. The Morgan fingerprint density at radius 3 is 2.86 bits per heavy atom. The van der Waals surface area contributed by atoms with Crippen molar-refractivity contribution in [3.8, 4) is 17.0 Å². The highest BCUT2D eigenvalue weighted by molar-refractivity contribution is 5.76. The molecule has 4 rings (SSSR count). The second-order valence-electron chi connectivity index (χ2n) is 8.29. The van der Waals surface area contributed by atoms with Crippen molar-refractivity contribution in [2.24, 2.45) is 5.92 Å². The lowest BCUT2D eigenvalue weighted by Gasteiger charge is -2.15. The number of hydrogen-bond donors (Lipinski definition) is 1. The smallest absolute Gasteiger partial charge is 0.220 e. The molecule has 0 unspecified atom stereocenters. The van der Waals surface area contributed by atoms with E-state index in [0.29, 0.717) is 42.3 Å². The zero-order valence-electron chi connectivity index (χ0n) is 17.1. The molecule has 2 aromatic rings. The van der Waals surface area contributed by atoms with Crippen LogP contribution < -0.4 is 10.1 Å². The van der Waals surface area contributed by atoms with E-state index in [1.807, 2.05) is 13.8 Å². The number of aromatic nitrogens is 2. The molecule has 0 radical (unpaired) electrons. The van der Waals surface area contributed by atoms with Crippen molar-refractivity contribution in [3.05, 3.63) is 41.1 Å². The average molecular weight is 397 g/mol. The van der Waals surface area contributed by atoms with Gasteiger partial charge in [-0.3, -0.25) is 9.78 Å². The number of amides is 1. The summed E-state index contributed by atoms with van der Waals surface area (Å²) in [6.07, 6.45) is 8.48. The summed E-state index contributed by atoms with van der Waals surface area (Å²) in [5.74, 6) is 0.996. The molecule has 1 aromatic carbocycles. The van der Waals surface area contributed by atoms with E-state index in [9.17, 15) is 9.18 Å². The van der Waals surface area contributed by atoms with Crippen molar-refractivity contribution in [2.45, 2.75) is 64.9 Å². The summed E-state index contributed by atoms with van der Waals surface area (Å²) in [7, 11) is 0. The van der Waals surface area contributed by atoms with Crippen LogP contribution in [0.2, 0.25) is 0 Å². The van der Waals surface area contributed by atoms with Gasteiger partial charge in [0.05, 0.1) is 23.6 Å². The Balaban J connectivity index is 1.41. The maximum Gasteiger partial charge on any atom is 0.220 e. The molecule has 2 heterocycles. The highest BCUT2D eigenvalue weighted by Gasteiger charge is 2.30. The molecule has 6 heteroatoms. The van der Waals surface area contributed by atoms with Gasteiger partial charge in [0.15, 0.2) is 0 Å². The minimum Gasteiger partial charge on any atom is -0.487 e. The zero-order valence-corrected chi connectivity index (χ0v) is 17.1. The van der Waals surface area contributed by atoms with Crippen molar-refractivity contribution >= 4 is 5.91 Å². The molecular formula is C23H28FN3O2. The minimum atomic E-state index is -0.280. The fourth-order valence-electron chi connectivity index (χ4n) is 4.41. The van der Waals surface area contributed by atoms with Crippen LogP contribution in [-0.4, -0.2) is 28.5 Å². The average Bonchev–Trinajstić information content (AvgIpc) is 3.37. The lowest BCUT2D eigenvalue weighted by atomic mass is 10.0. The topological polar surface area (TPSA) is 64.1 Å². The van der Waals surface area contributed by atoms with Crippen LogP contribution >= 0.6 is 0 Å². The quantitative estimate of drug-likeness (QED) is 0.790. The number of aryl methyl sites for hydroxylation is 2. The number of hydrogen-bond acceptors (Lipinski definition) is 4. The number of nitrogens with one attached hydrogen (secondary N) is 1. The third kappa shape index (κ3) is 4.41. The Labute approximate surface area is 171 Å². The van der Waals surface area contributed by atoms with Crippen LogP contribution in [-0.2, 0) is 11.2 Å². The summed E-state index contributed by atoms with van der Waals surface area (Å²) >= 11 is 0. The molecule has 2 aliphatic rings. The molecule has 1 N–H and O–H groups in total. The summed E-state index contributed by atoms with van der Waals surface area (Å²) in [5.41, 5.74) is 3.59. The van der Waals surface area contributed by atoms with E-state index in [4.69, 9.17) is 4.74 Å². The molecule has 0 bridgehead atoms. The molecule has 0 spiro atoms. The van der Waals surface area contributed by atoms with Gasteiger partial charge in [-0.1, -0.05) is 25.7 Å². The summed E-state index contributed by atoms with van der Waals surface area (Å²) in [6.45, 7) is 4.15. The third-order valence-corrected chi connectivity index (χ3v) is 6.03. The summed E-state index contributed by atoms with van der Waals surface area (Å²) < 4.78 is 20.5. The fourth-order valence-corrected chi connectivity index (χ4v) is 4.41. The second-order valence-corrected chi connectivity index (χ2v) is 8.29. The van der Waals surface area contributed by atoms with Crippen LogP contribution in [0, 0.1) is 25.6 Å². The first-order valence-corrected chi connectivity index (χ1v) is 10.6. The van der Waals surface area contributed by atoms with Crippen LogP contribution in [0.4, 0.5) is 4.39 Å². The molecule has 1 atom stereocenters. The number of halogens is 1. The van der Waals surface area contributed by atoms with Gasteiger partial charge < -0.3 is 10.1 Å². The summed E-state index contributed by atoms with van der Waals surface area (Å²) in [6, 6.07) is 3.16. The van der Waals surface area contributed by atoms with Crippen LogP contribution in [0.5, 0.6) is 5.75 Å². The molecule has 1 fully saturated rings. The molecule has 1 aromatic heterocycles. The number of rotatable bonds is 6. The van der Waals surface area contributed by atoms with Crippen molar-refractivity contribution in [2.75, 3.05) is 6.54 Å². The van der Waals surface area contributed by atoms with Gasteiger partial charge in [-0.2, -0.15) is 0 Å². The Bertz CT molecular complexity index is 909. The number of carbonyl (C=O) groups excluding carboxylic acids is 1. The van der Waals surface area contributed by atoms with Gasteiger partial charge in [0.25, 0.3) is 0 Å². The molecule has 0 saturated heterocycles. The normalized spacial score (nSPS) is 18.5. The molecular weight excluding hydrogens is 369 g/mol. The van der Waals surface area contributed by atoms with E-state index in [1.165, 1.54) is 31.7 Å². The Morgan fingerprint density at radius 2 is 2.07 bits per heavy atom. The molecule has 5 nitrogen and oxygen atoms in total. The van der Waals surface area contributed by atoms with Gasteiger partial charge in [0.1, 0.15) is 17.7 Å². The van der Waals surface area contributed by atoms with Crippen LogP contribution in [0.25, 0.3) is 11.3 Å². The fraction of sp³-hybridized carbons (Fsp3) is 0.522. The first-order chi connectivity index (χ1) is 14.0. The third-order valence-electron chi connectivity index (χ3n) is 6.03. The van der Waals surface area contributed by atoms with Crippen LogP contribution in [0.3, 0.4) is 0 Å². The number of carbonyl (C=O) groups is 1. The van der Waals surface area contributed by atoms with Crippen LogP contribution in [0.1, 0.15) is 55.5 Å². The second kappa shape index (κ2) is 8.47. The number of nitrogens with zero attached hydrogens (tertiary/aromatic N) is 2. The van der Waals surface area contributed by atoms with Gasteiger partial charge in [-0.25, -0.2) is 9.37 Å².